The summed E-state index contributed by atoms with van der Waals surface area (Å²) >= 11 is 0. The van der Waals surface area contributed by atoms with Crippen LogP contribution in [-0.4, -0.2) is 42.3 Å². The largest absolute Gasteiger partial charge is 0.349 e. The standard InChI is InChI=1S/C23H28N4O3S/c1-26(2)31(29,30)18-11-12-20-19(15-18)24-21(27(20)3)13-14-22(28)25-23(17-9-10-17)16-7-5-4-6-8-16/h4-8,11-12,15,17,23H,9-10,13-14H2,1-3H3,(H,25,28)/t23-/m0/s1. The maximum absolute atomic E-state index is 12.7. The average Bonchev–Trinajstić information content (AvgIpc) is 3.55. The highest BCUT2D eigenvalue weighted by molar-refractivity contribution is 7.89. The van der Waals surface area contributed by atoms with Gasteiger partial charge in [0.05, 0.1) is 22.0 Å². The minimum Gasteiger partial charge on any atom is -0.349 e. The number of sulfonamides is 1. The number of carbonyl (C=O) groups is 1. The lowest BCUT2D eigenvalue weighted by Gasteiger charge is -2.18. The predicted octanol–water partition coefficient (Wildman–Crippen LogP) is 3.02. The monoisotopic (exact) mass is 440 g/mol. The Bertz CT molecular complexity index is 1200. The van der Waals surface area contributed by atoms with E-state index in [1.165, 1.54) is 18.4 Å². The maximum Gasteiger partial charge on any atom is 0.242 e. The summed E-state index contributed by atoms with van der Waals surface area (Å²) in [4.78, 5) is 17.5. The number of fused-ring (bicyclic) bond motifs is 1. The molecule has 0 spiro atoms. The van der Waals surface area contributed by atoms with Gasteiger partial charge >= 0.3 is 0 Å². The Morgan fingerprint density at radius 3 is 2.55 bits per heavy atom. The van der Waals surface area contributed by atoms with Crippen molar-refractivity contribution in [3.63, 3.8) is 0 Å². The Kier molecular flexibility index (Phi) is 5.85. The Hall–Kier alpha value is -2.71. The van der Waals surface area contributed by atoms with Gasteiger partial charge in [0.2, 0.25) is 15.9 Å². The molecule has 0 unspecified atom stereocenters. The zero-order chi connectivity index (χ0) is 22.2. The van der Waals surface area contributed by atoms with Crippen molar-refractivity contribution in [1.82, 2.24) is 19.2 Å². The van der Waals surface area contributed by atoms with Crippen LogP contribution in [0.3, 0.4) is 0 Å². The Labute approximate surface area is 183 Å². The van der Waals surface area contributed by atoms with Gasteiger partial charge in [0.25, 0.3) is 0 Å². The molecule has 1 atom stereocenters. The van der Waals surface area contributed by atoms with E-state index in [1.807, 2.05) is 29.8 Å². The lowest BCUT2D eigenvalue weighted by atomic mass is 10.0. The van der Waals surface area contributed by atoms with E-state index < -0.39 is 10.0 Å². The Morgan fingerprint density at radius 2 is 1.90 bits per heavy atom. The molecule has 31 heavy (non-hydrogen) atoms. The van der Waals surface area contributed by atoms with E-state index >= 15 is 0 Å². The van der Waals surface area contributed by atoms with Gasteiger partial charge in [0, 0.05) is 34.0 Å². The molecule has 2 aromatic carbocycles. The number of aromatic nitrogens is 2. The molecule has 0 radical (unpaired) electrons. The van der Waals surface area contributed by atoms with E-state index in [4.69, 9.17) is 0 Å². The van der Waals surface area contributed by atoms with Gasteiger partial charge in [-0.05, 0) is 42.5 Å². The van der Waals surface area contributed by atoms with Crippen LogP contribution in [0.4, 0.5) is 0 Å². The van der Waals surface area contributed by atoms with Crippen LogP contribution in [0.5, 0.6) is 0 Å². The summed E-state index contributed by atoms with van der Waals surface area (Å²) < 4.78 is 27.9. The molecule has 7 nitrogen and oxygen atoms in total. The van der Waals surface area contributed by atoms with Crippen molar-refractivity contribution in [1.29, 1.82) is 0 Å². The third-order valence-electron chi connectivity index (χ3n) is 5.87. The van der Waals surface area contributed by atoms with Gasteiger partial charge in [0.15, 0.2) is 0 Å². The lowest BCUT2D eigenvalue weighted by Crippen LogP contribution is -2.30. The van der Waals surface area contributed by atoms with Gasteiger partial charge < -0.3 is 9.88 Å². The number of imidazole rings is 1. The molecule has 164 valence electrons. The van der Waals surface area contributed by atoms with Crippen LogP contribution in [0.15, 0.2) is 53.4 Å². The quantitative estimate of drug-likeness (QED) is 0.584. The minimum atomic E-state index is -3.52. The zero-order valence-corrected chi connectivity index (χ0v) is 18.9. The molecular weight excluding hydrogens is 412 g/mol. The van der Waals surface area contributed by atoms with Crippen molar-refractivity contribution < 1.29 is 13.2 Å². The summed E-state index contributed by atoms with van der Waals surface area (Å²) in [7, 11) is 1.38. The number of hydrogen-bond donors (Lipinski definition) is 1. The molecule has 0 bridgehead atoms. The van der Waals surface area contributed by atoms with Crippen molar-refractivity contribution in [3.05, 3.63) is 59.9 Å². The second-order valence-electron chi connectivity index (χ2n) is 8.32. The van der Waals surface area contributed by atoms with Crippen molar-refractivity contribution in [3.8, 4) is 0 Å². The van der Waals surface area contributed by atoms with E-state index in [2.05, 4.69) is 22.4 Å². The normalized spacial score (nSPS) is 15.4. The number of aryl methyl sites for hydroxylation is 2. The number of rotatable bonds is 8. The molecule has 0 saturated heterocycles. The Balaban J connectivity index is 1.47. The predicted molar refractivity (Wildman–Crippen MR) is 120 cm³/mol. The third kappa shape index (κ3) is 4.50. The topological polar surface area (TPSA) is 84.3 Å². The molecular formula is C23H28N4O3S. The second-order valence-corrected chi connectivity index (χ2v) is 10.5. The number of nitrogens with zero attached hydrogens (tertiary/aromatic N) is 3. The van der Waals surface area contributed by atoms with Gasteiger partial charge in [0.1, 0.15) is 5.82 Å². The van der Waals surface area contributed by atoms with Gasteiger partial charge in [-0.1, -0.05) is 30.3 Å². The number of benzene rings is 2. The van der Waals surface area contributed by atoms with Crippen molar-refractivity contribution >= 4 is 27.0 Å². The van der Waals surface area contributed by atoms with Crippen molar-refractivity contribution in [2.24, 2.45) is 13.0 Å². The van der Waals surface area contributed by atoms with E-state index in [1.54, 1.807) is 18.2 Å². The van der Waals surface area contributed by atoms with Gasteiger partial charge in [-0.25, -0.2) is 17.7 Å². The van der Waals surface area contributed by atoms with Crippen LogP contribution < -0.4 is 5.32 Å². The fourth-order valence-electron chi connectivity index (χ4n) is 3.86. The maximum atomic E-state index is 12.7. The van der Waals surface area contributed by atoms with E-state index in [9.17, 15) is 13.2 Å². The van der Waals surface area contributed by atoms with Crippen molar-refractivity contribution in [2.45, 2.75) is 36.6 Å². The first kappa shape index (κ1) is 21.5. The van der Waals surface area contributed by atoms with Crippen LogP contribution in [0.1, 0.15) is 36.7 Å². The molecule has 1 aliphatic rings. The molecule has 1 saturated carbocycles. The summed E-state index contributed by atoms with van der Waals surface area (Å²) in [5.74, 6) is 1.27. The van der Waals surface area contributed by atoms with Gasteiger partial charge in [-0.15, -0.1) is 0 Å². The minimum absolute atomic E-state index is 0.00341. The highest BCUT2D eigenvalue weighted by atomic mass is 32.2. The molecule has 1 fully saturated rings. The molecule has 8 heteroatoms. The van der Waals surface area contributed by atoms with Gasteiger partial charge in [-0.2, -0.15) is 0 Å². The first-order valence-corrected chi connectivity index (χ1v) is 11.9. The number of amides is 1. The van der Waals surface area contributed by atoms with Crippen LogP contribution in [0, 0.1) is 5.92 Å². The molecule has 1 aliphatic carbocycles. The van der Waals surface area contributed by atoms with E-state index in [0.29, 0.717) is 24.3 Å². The van der Waals surface area contributed by atoms with E-state index in [-0.39, 0.29) is 16.8 Å². The van der Waals surface area contributed by atoms with Gasteiger partial charge in [-0.3, -0.25) is 4.79 Å². The average molecular weight is 441 g/mol. The van der Waals surface area contributed by atoms with Crippen molar-refractivity contribution in [2.75, 3.05) is 14.1 Å². The van der Waals surface area contributed by atoms with Crippen LogP contribution in [-0.2, 0) is 28.3 Å². The summed E-state index contributed by atoms with van der Waals surface area (Å²) in [6, 6.07) is 15.1. The summed E-state index contributed by atoms with van der Waals surface area (Å²) in [6.07, 6.45) is 3.10. The summed E-state index contributed by atoms with van der Waals surface area (Å²) in [5, 5.41) is 3.20. The highest BCUT2D eigenvalue weighted by Crippen LogP contribution is 2.41. The molecule has 3 aromatic rings. The number of nitrogens with one attached hydrogen (secondary N) is 1. The smallest absolute Gasteiger partial charge is 0.242 e. The molecule has 1 aromatic heterocycles. The second kappa shape index (κ2) is 8.43. The van der Waals surface area contributed by atoms with Crippen LogP contribution >= 0.6 is 0 Å². The van der Waals surface area contributed by atoms with Crippen LogP contribution in [0.2, 0.25) is 0 Å². The number of carbonyl (C=O) groups excluding carboxylic acids is 1. The molecule has 1 N–H and O–H groups in total. The fraction of sp³-hybridized carbons (Fsp3) is 0.391. The molecule has 1 amide bonds. The lowest BCUT2D eigenvalue weighted by molar-refractivity contribution is -0.122. The number of hydrogen-bond acceptors (Lipinski definition) is 4. The Morgan fingerprint density at radius 1 is 1.19 bits per heavy atom. The molecule has 4 rings (SSSR count). The van der Waals surface area contributed by atoms with E-state index in [0.717, 1.165) is 29.7 Å². The zero-order valence-electron chi connectivity index (χ0n) is 18.1. The first-order valence-electron chi connectivity index (χ1n) is 10.5. The third-order valence-corrected chi connectivity index (χ3v) is 7.68. The summed E-state index contributed by atoms with van der Waals surface area (Å²) in [6.45, 7) is 0. The van der Waals surface area contributed by atoms with Crippen LogP contribution in [0.25, 0.3) is 11.0 Å². The molecule has 0 aliphatic heterocycles. The highest BCUT2D eigenvalue weighted by Gasteiger charge is 2.33. The first-order chi connectivity index (χ1) is 14.8. The molecule has 1 heterocycles. The SMILES string of the molecule is CN(C)S(=O)(=O)c1ccc2c(c1)nc(CCC(=O)N[C@@H](c1ccccc1)C1CC1)n2C. The fourth-order valence-corrected chi connectivity index (χ4v) is 4.78. The summed E-state index contributed by atoms with van der Waals surface area (Å²) in [5.41, 5.74) is 2.60.